The second-order valence-electron chi connectivity index (χ2n) is 9.86. The molecule has 1 atom stereocenters. The third kappa shape index (κ3) is 6.38. The van der Waals surface area contributed by atoms with Gasteiger partial charge in [-0.1, -0.05) is 29.3 Å². The number of para-hydroxylation sites is 1. The number of likely N-dealkylation sites (tertiary alicyclic amines) is 1. The third-order valence-electron chi connectivity index (χ3n) is 5.72. The highest BCUT2D eigenvalue weighted by Crippen LogP contribution is 2.30. The molecule has 12 heteroatoms. The van der Waals surface area contributed by atoms with Crippen molar-refractivity contribution in [3.63, 3.8) is 0 Å². The van der Waals surface area contributed by atoms with Crippen LogP contribution in [-0.4, -0.2) is 57.3 Å². The van der Waals surface area contributed by atoms with Crippen LogP contribution in [0.15, 0.2) is 48.7 Å². The molecule has 1 fully saturated rings. The monoisotopic (exact) mass is 558 g/mol. The lowest BCUT2D eigenvalue weighted by Crippen LogP contribution is -2.41. The van der Waals surface area contributed by atoms with Gasteiger partial charge in [0.15, 0.2) is 5.69 Å². The first-order valence-electron chi connectivity index (χ1n) is 11.9. The summed E-state index contributed by atoms with van der Waals surface area (Å²) < 4.78 is 6.68. The van der Waals surface area contributed by atoms with Gasteiger partial charge < -0.3 is 26.0 Å². The number of hydrogen-bond donors (Lipinski definition) is 3. The predicted octanol–water partition coefficient (Wildman–Crippen LogP) is 4.76. The minimum absolute atomic E-state index is 0.00161. The molecule has 1 aliphatic rings. The number of rotatable bonds is 6. The van der Waals surface area contributed by atoms with Crippen molar-refractivity contribution in [1.29, 1.82) is 0 Å². The Kier molecular flexibility index (Phi) is 7.84. The number of nitrogens with one attached hydrogen (secondary N) is 2. The van der Waals surface area contributed by atoms with Gasteiger partial charge in [0.05, 0.1) is 28.0 Å². The Labute approximate surface area is 230 Å². The Morgan fingerprint density at radius 3 is 2.34 bits per heavy atom. The molecule has 0 aliphatic carbocycles. The zero-order valence-corrected chi connectivity index (χ0v) is 22.6. The van der Waals surface area contributed by atoms with E-state index in [9.17, 15) is 14.4 Å². The molecule has 1 aromatic heterocycles. The lowest BCUT2D eigenvalue weighted by atomic mass is 10.1. The van der Waals surface area contributed by atoms with Crippen LogP contribution >= 0.6 is 23.2 Å². The van der Waals surface area contributed by atoms with Gasteiger partial charge in [0.2, 0.25) is 0 Å². The average molecular weight is 559 g/mol. The fourth-order valence-corrected chi connectivity index (χ4v) is 4.61. The van der Waals surface area contributed by atoms with Crippen molar-refractivity contribution in [2.45, 2.75) is 38.8 Å². The maximum atomic E-state index is 13.0. The lowest BCUT2D eigenvalue weighted by Gasteiger charge is -2.22. The van der Waals surface area contributed by atoms with Crippen molar-refractivity contribution < 1.29 is 19.1 Å². The summed E-state index contributed by atoms with van der Waals surface area (Å²) >= 11 is 12.6. The number of nitrogens with two attached hydrogens (primary N) is 1. The van der Waals surface area contributed by atoms with Crippen LogP contribution in [0, 0.1) is 0 Å². The number of anilines is 2. The third-order valence-corrected chi connectivity index (χ3v) is 6.33. The summed E-state index contributed by atoms with van der Waals surface area (Å²) in [6, 6.07) is 11.6. The second kappa shape index (κ2) is 10.9. The zero-order chi connectivity index (χ0) is 27.6. The average Bonchev–Trinajstić information content (AvgIpc) is 3.45. The minimum atomic E-state index is -0.732. The van der Waals surface area contributed by atoms with E-state index in [-0.39, 0.29) is 17.6 Å². The van der Waals surface area contributed by atoms with E-state index in [2.05, 4.69) is 15.7 Å². The molecule has 3 aromatic rings. The fraction of sp³-hybridized carbons (Fsp3) is 0.308. The van der Waals surface area contributed by atoms with Crippen molar-refractivity contribution in [1.82, 2.24) is 20.0 Å². The molecule has 200 valence electrons. The number of carbonyl (C=O) groups excluding carboxylic acids is 3. The van der Waals surface area contributed by atoms with E-state index >= 15 is 0 Å². The summed E-state index contributed by atoms with van der Waals surface area (Å²) in [5.41, 5.74) is 6.81. The number of primary amides is 1. The standard InChI is InChI=1S/C26H28Cl2N6O4/c1-26(2,3)38-25(37)31-17-11-12-33(13-17)24(36)15-7-9-16(10-8-15)30-20-14-34(32-21(20)23(29)35)22-18(27)5-4-6-19(22)28/h4-10,14,17,30H,11-13H2,1-3H3,(H2,29,35)(H,31,37)/t17-/m1/s1. The highest BCUT2D eigenvalue weighted by Gasteiger charge is 2.29. The van der Waals surface area contributed by atoms with E-state index in [0.717, 1.165) is 0 Å². The predicted molar refractivity (Wildman–Crippen MR) is 146 cm³/mol. The van der Waals surface area contributed by atoms with Crippen molar-refractivity contribution in [2.24, 2.45) is 5.73 Å². The SMILES string of the molecule is CC(C)(C)OC(=O)N[C@@H]1CCN(C(=O)c2ccc(Nc3cn(-c4c(Cl)cccc4Cl)nc3C(N)=O)cc2)C1. The Hall–Kier alpha value is -3.76. The quantitative estimate of drug-likeness (QED) is 0.399. The molecule has 10 nitrogen and oxygen atoms in total. The van der Waals surface area contributed by atoms with Crippen LogP contribution in [-0.2, 0) is 4.74 Å². The maximum Gasteiger partial charge on any atom is 0.407 e. The van der Waals surface area contributed by atoms with E-state index < -0.39 is 17.6 Å². The molecule has 2 aromatic carbocycles. The van der Waals surface area contributed by atoms with Gasteiger partial charge >= 0.3 is 6.09 Å². The summed E-state index contributed by atoms with van der Waals surface area (Å²) in [6.07, 6.45) is 1.71. The number of carbonyl (C=O) groups is 3. The number of ether oxygens (including phenoxy) is 1. The van der Waals surface area contributed by atoms with E-state index in [4.69, 9.17) is 33.7 Å². The van der Waals surface area contributed by atoms with Gasteiger partial charge in [0.1, 0.15) is 11.3 Å². The first kappa shape index (κ1) is 27.3. The molecule has 1 saturated heterocycles. The van der Waals surface area contributed by atoms with Crippen LogP contribution in [0.4, 0.5) is 16.2 Å². The molecule has 0 unspecified atom stereocenters. The molecule has 4 rings (SSSR count). The first-order valence-corrected chi connectivity index (χ1v) is 12.7. The first-order chi connectivity index (χ1) is 17.9. The van der Waals surface area contributed by atoms with Crippen molar-refractivity contribution >= 4 is 52.5 Å². The van der Waals surface area contributed by atoms with Crippen LogP contribution in [0.5, 0.6) is 0 Å². The van der Waals surface area contributed by atoms with Crippen LogP contribution in [0.3, 0.4) is 0 Å². The number of alkyl carbamates (subject to hydrolysis) is 1. The molecular formula is C26H28Cl2N6O4. The number of aromatic nitrogens is 2. The Balaban J connectivity index is 1.43. The lowest BCUT2D eigenvalue weighted by molar-refractivity contribution is 0.0502. The van der Waals surface area contributed by atoms with Gasteiger partial charge in [-0.05, 0) is 63.6 Å². The van der Waals surface area contributed by atoms with Crippen molar-refractivity contribution in [3.05, 3.63) is 70.0 Å². The Morgan fingerprint density at radius 2 is 1.74 bits per heavy atom. The van der Waals surface area contributed by atoms with Crippen LogP contribution in [0.1, 0.15) is 48.0 Å². The van der Waals surface area contributed by atoms with E-state index in [1.807, 2.05) is 0 Å². The molecular weight excluding hydrogens is 531 g/mol. The molecule has 2 heterocycles. The molecule has 1 aliphatic heterocycles. The summed E-state index contributed by atoms with van der Waals surface area (Å²) in [4.78, 5) is 38.8. The van der Waals surface area contributed by atoms with Crippen LogP contribution < -0.4 is 16.4 Å². The van der Waals surface area contributed by atoms with Gasteiger partial charge in [-0.25, -0.2) is 9.48 Å². The number of hydrogen-bond acceptors (Lipinski definition) is 6. The van der Waals surface area contributed by atoms with Gasteiger partial charge in [-0.15, -0.1) is 0 Å². The van der Waals surface area contributed by atoms with Crippen LogP contribution in [0.2, 0.25) is 10.0 Å². The van der Waals surface area contributed by atoms with Gasteiger partial charge in [0.25, 0.3) is 11.8 Å². The molecule has 0 radical (unpaired) electrons. The van der Waals surface area contributed by atoms with Gasteiger partial charge in [-0.2, -0.15) is 5.10 Å². The number of halogens is 2. The molecule has 38 heavy (non-hydrogen) atoms. The van der Waals surface area contributed by atoms with Crippen molar-refractivity contribution in [3.8, 4) is 5.69 Å². The summed E-state index contributed by atoms with van der Waals surface area (Å²) in [7, 11) is 0. The van der Waals surface area contributed by atoms with Crippen LogP contribution in [0.25, 0.3) is 5.69 Å². The number of nitrogens with zero attached hydrogens (tertiary/aromatic N) is 3. The van der Waals surface area contributed by atoms with Gasteiger partial charge in [0, 0.05) is 24.3 Å². The minimum Gasteiger partial charge on any atom is -0.444 e. The molecule has 3 amide bonds. The Morgan fingerprint density at radius 1 is 1.08 bits per heavy atom. The summed E-state index contributed by atoms with van der Waals surface area (Å²) in [5, 5.41) is 10.9. The maximum absolute atomic E-state index is 13.0. The number of amides is 3. The second-order valence-corrected chi connectivity index (χ2v) is 10.7. The fourth-order valence-electron chi connectivity index (χ4n) is 4.04. The normalized spacial score (nSPS) is 15.3. The zero-order valence-electron chi connectivity index (χ0n) is 21.1. The highest BCUT2D eigenvalue weighted by atomic mass is 35.5. The van der Waals surface area contributed by atoms with Gasteiger partial charge in [-0.3, -0.25) is 9.59 Å². The smallest absolute Gasteiger partial charge is 0.407 e. The van der Waals surface area contributed by atoms with Crippen molar-refractivity contribution in [2.75, 3.05) is 18.4 Å². The Bertz CT molecular complexity index is 1350. The molecule has 0 bridgehead atoms. The molecule has 4 N–H and O–H groups in total. The topological polar surface area (TPSA) is 132 Å². The van der Waals surface area contributed by atoms with E-state index in [1.165, 1.54) is 4.68 Å². The summed E-state index contributed by atoms with van der Waals surface area (Å²) in [6.45, 7) is 6.30. The molecule has 0 spiro atoms. The van der Waals surface area contributed by atoms with E-state index in [0.29, 0.717) is 52.2 Å². The summed E-state index contributed by atoms with van der Waals surface area (Å²) in [5.74, 6) is -0.881. The largest absolute Gasteiger partial charge is 0.444 e. The highest BCUT2D eigenvalue weighted by molar-refractivity contribution is 6.37. The number of benzene rings is 2. The molecule has 0 saturated carbocycles. The van der Waals surface area contributed by atoms with E-state index in [1.54, 1.807) is 74.3 Å².